The topological polar surface area (TPSA) is 43.8 Å². The highest BCUT2D eigenvalue weighted by Crippen LogP contribution is 2.25. The number of alkyl halides is 3. The van der Waals surface area contributed by atoms with Crippen LogP contribution in [0.25, 0.3) is 0 Å². The number of aliphatic imine (C=N–C) groups is 1. The number of piperazine rings is 1. The summed E-state index contributed by atoms with van der Waals surface area (Å²) in [6.07, 6.45) is -2.36. The van der Waals surface area contributed by atoms with Crippen LogP contribution in [0, 0.1) is 6.92 Å². The molecule has 1 aromatic rings. The Kier molecular flexibility index (Phi) is 8.89. The van der Waals surface area contributed by atoms with Crippen molar-refractivity contribution in [2.45, 2.75) is 39.5 Å². The van der Waals surface area contributed by atoms with Crippen molar-refractivity contribution in [1.82, 2.24) is 20.1 Å². The predicted octanol–water partition coefficient (Wildman–Crippen LogP) is 3.10. The molecule has 25 heavy (non-hydrogen) atoms. The summed E-state index contributed by atoms with van der Waals surface area (Å²) in [7, 11) is 0. The van der Waals surface area contributed by atoms with Gasteiger partial charge < -0.3 is 10.2 Å². The Labute approximate surface area is 167 Å². The molecule has 1 fully saturated rings. The molecule has 0 aromatic carbocycles. The van der Waals surface area contributed by atoms with Crippen LogP contribution in [0.2, 0.25) is 0 Å². The molecule has 1 unspecified atom stereocenters. The Morgan fingerprint density at radius 2 is 2.00 bits per heavy atom. The second-order valence-electron chi connectivity index (χ2n) is 5.76. The number of nitrogens with zero attached hydrogens (tertiary/aromatic N) is 4. The summed E-state index contributed by atoms with van der Waals surface area (Å²) >= 11 is 1.60. The Balaban J connectivity index is 0.00000312. The van der Waals surface area contributed by atoms with Crippen LogP contribution in [0.3, 0.4) is 0 Å². The molecule has 1 N–H and O–H groups in total. The average Bonchev–Trinajstić information content (AvgIpc) is 2.95. The molecule has 0 amide bonds. The fourth-order valence-corrected chi connectivity index (χ4v) is 3.30. The van der Waals surface area contributed by atoms with E-state index in [9.17, 15) is 13.2 Å². The van der Waals surface area contributed by atoms with Gasteiger partial charge in [0.2, 0.25) is 0 Å². The van der Waals surface area contributed by atoms with Crippen LogP contribution in [0.15, 0.2) is 11.2 Å². The first-order valence-electron chi connectivity index (χ1n) is 8.06. The Bertz CT molecular complexity index is 556. The summed E-state index contributed by atoms with van der Waals surface area (Å²) in [6.45, 7) is 8.24. The first-order valence-corrected chi connectivity index (χ1v) is 8.88. The maximum atomic E-state index is 12.8. The highest BCUT2D eigenvalue weighted by atomic mass is 127. The quantitative estimate of drug-likeness (QED) is 0.400. The number of rotatable bonds is 4. The highest BCUT2D eigenvalue weighted by Gasteiger charge is 2.41. The number of aryl methyl sites for hydroxylation is 1. The third-order valence-electron chi connectivity index (χ3n) is 4.02. The lowest BCUT2D eigenvalue weighted by Gasteiger charge is -2.39. The van der Waals surface area contributed by atoms with Gasteiger partial charge in [-0.15, -0.1) is 35.3 Å². The lowest BCUT2D eigenvalue weighted by Crippen LogP contribution is -2.56. The number of hydrogen-bond donors (Lipinski definition) is 1. The zero-order valence-electron chi connectivity index (χ0n) is 14.6. The van der Waals surface area contributed by atoms with Crippen LogP contribution in [0.5, 0.6) is 0 Å². The minimum atomic E-state index is -4.18. The average molecular weight is 491 g/mol. The number of aromatic nitrogens is 1. The lowest BCUT2D eigenvalue weighted by atomic mass is 10.2. The molecule has 0 spiro atoms. The van der Waals surface area contributed by atoms with E-state index in [-0.39, 0.29) is 24.0 Å². The van der Waals surface area contributed by atoms with E-state index >= 15 is 0 Å². The number of guanidine groups is 1. The van der Waals surface area contributed by atoms with E-state index < -0.39 is 12.2 Å². The predicted molar refractivity (Wildman–Crippen MR) is 106 cm³/mol. The normalized spacial score (nSPS) is 18.0. The first kappa shape index (κ1) is 22.4. The molecule has 0 radical (unpaired) electrons. The molecule has 0 aliphatic carbocycles. The van der Waals surface area contributed by atoms with Crippen LogP contribution in [0.1, 0.15) is 23.7 Å². The maximum absolute atomic E-state index is 12.8. The lowest BCUT2D eigenvalue weighted by molar-refractivity contribution is -0.181. The Hall–Kier alpha value is -0.620. The third kappa shape index (κ3) is 6.55. The molecule has 1 aliphatic heterocycles. The van der Waals surface area contributed by atoms with Gasteiger partial charge in [-0.3, -0.25) is 4.90 Å². The minimum absolute atomic E-state index is 0. The van der Waals surface area contributed by atoms with E-state index in [0.29, 0.717) is 32.7 Å². The molecule has 0 saturated carbocycles. The third-order valence-corrected chi connectivity index (χ3v) is 4.92. The van der Waals surface area contributed by atoms with Gasteiger partial charge in [-0.05, 0) is 20.8 Å². The van der Waals surface area contributed by atoms with Gasteiger partial charge in [-0.25, -0.2) is 9.98 Å². The monoisotopic (exact) mass is 491 g/mol. The van der Waals surface area contributed by atoms with Crippen molar-refractivity contribution >= 4 is 41.3 Å². The van der Waals surface area contributed by atoms with Gasteiger partial charge in [0.05, 0.1) is 11.6 Å². The van der Waals surface area contributed by atoms with E-state index in [1.54, 1.807) is 11.3 Å². The summed E-state index contributed by atoms with van der Waals surface area (Å²) in [5, 5.41) is 4.22. The van der Waals surface area contributed by atoms with Gasteiger partial charge in [0.25, 0.3) is 0 Å². The van der Waals surface area contributed by atoms with E-state index in [2.05, 4.69) is 15.3 Å². The van der Waals surface area contributed by atoms with Gasteiger partial charge in [-0.2, -0.15) is 13.2 Å². The van der Waals surface area contributed by atoms with Crippen LogP contribution < -0.4 is 5.32 Å². The zero-order valence-corrected chi connectivity index (χ0v) is 17.8. The Morgan fingerprint density at radius 1 is 1.36 bits per heavy atom. The molecule has 1 aromatic heterocycles. The summed E-state index contributed by atoms with van der Waals surface area (Å²) in [6, 6.07) is -1.40. The Morgan fingerprint density at radius 3 is 2.48 bits per heavy atom. The first-order chi connectivity index (χ1) is 11.3. The van der Waals surface area contributed by atoms with Crippen LogP contribution in [0.4, 0.5) is 13.2 Å². The summed E-state index contributed by atoms with van der Waals surface area (Å²) in [5.74, 6) is 0.753. The summed E-state index contributed by atoms with van der Waals surface area (Å²) in [5.41, 5.74) is 0. The van der Waals surface area contributed by atoms with E-state index in [1.807, 2.05) is 24.9 Å². The molecular weight excluding hydrogens is 466 g/mol. The number of nitrogens with one attached hydrogen (secondary N) is 1. The van der Waals surface area contributed by atoms with Crippen molar-refractivity contribution in [2.24, 2.45) is 4.99 Å². The van der Waals surface area contributed by atoms with Gasteiger partial charge in [0.1, 0.15) is 6.04 Å². The highest BCUT2D eigenvalue weighted by molar-refractivity contribution is 14.0. The molecule has 0 bridgehead atoms. The summed E-state index contributed by atoms with van der Waals surface area (Å²) < 4.78 is 38.5. The van der Waals surface area contributed by atoms with Gasteiger partial charge in [0, 0.05) is 43.8 Å². The van der Waals surface area contributed by atoms with Crippen LogP contribution in [-0.2, 0) is 6.54 Å². The largest absolute Gasteiger partial charge is 0.403 e. The van der Waals surface area contributed by atoms with Gasteiger partial charge in [-0.1, -0.05) is 0 Å². The van der Waals surface area contributed by atoms with E-state index in [4.69, 9.17) is 0 Å². The van der Waals surface area contributed by atoms with E-state index in [1.165, 1.54) is 11.8 Å². The van der Waals surface area contributed by atoms with Crippen LogP contribution in [-0.4, -0.2) is 65.7 Å². The molecule has 1 aliphatic rings. The van der Waals surface area contributed by atoms with Gasteiger partial charge in [0.15, 0.2) is 5.96 Å². The van der Waals surface area contributed by atoms with Crippen molar-refractivity contribution in [1.29, 1.82) is 0 Å². The van der Waals surface area contributed by atoms with Crippen molar-refractivity contribution in [3.63, 3.8) is 0 Å². The van der Waals surface area contributed by atoms with Crippen LogP contribution >= 0.6 is 35.3 Å². The van der Waals surface area contributed by atoms with E-state index in [0.717, 1.165) is 22.4 Å². The zero-order chi connectivity index (χ0) is 17.7. The molecular formula is C15H25F3IN5S. The minimum Gasteiger partial charge on any atom is -0.357 e. The molecule has 144 valence electrons. The standard InChI is InChI=1S/C15H24F3N5S.HI/c1-4-19-14(21-10-13-9-20-12(3)24-13)23-7-5-22(6-8-23)11(2)15(16,17)18;/h9,11H,4-8,10H2,1-3H3,(H,19,21);1H. The molecule has 5 nitrogen and oxygen atoms in total. The SMILES string of the molecule is CCNC(=NCc1cnc(C)s1)N1CCN(C(C)C(F)(F)F)CC1.I. The molecule has 2 heterocycles. The van der Waals surface area contributed by atoms with Crippen molar-refractivity contribution in [3.8, 4) is 0 Å². The molecule has 10 heteroatoms. The second kappa shape index (κ2) is 9.91. The van der Waals surface area contributed by atoms with Gasteiger partial charge >= 0.3 is 6.18 Å². The maximum Gasteiger partial charge on any atom is 0.403 e. The summed E-state index contributed by atoms with van der Waals surface area (Å²) in [4.78, 5) is 13.4. The molecule has 2 rings (SSSR count). The second-order valence-corrected chi connectivity index (χ2v) is 7.08. The van der Waals surface area contributed by atoms with Crippen molar-refractivity contribution < 1.29 is 13.2 Å². The molecule has 1 saturated heterocycles. The smallest absolute Gasteiger partial charge is 0.357 e. The number of hydrogen-bond acceptors (Lipinski definition) is 4. The molecule has 1 atom stereocenters. The van der Waals surface area contributed by atoms with Crippen molar-refractivity contribution in [2.75, 3.05) is 32.7 Å². The van der Waals surface area contributed by atoms with Crippen molar-refractivity contribution in [3.05, 3.63) is 16.1 Å². The fraction of sp³-hybridized carbons (Fsp3) is 0.733. The number of thiazole rings is 1. The number of halogens is 4. The fourth-order valence-electron chi connectivity index (χ4n) is 2.59.